The molecule has 0 aromatic carbocycles. The molecule has 0 rings (SSSR count). The van der Waals surface area contributed by atoms with Crippen molar-refractivity contribution < 1.29 is 48.0 Å². The van der Waals surface area contributed by atoms with Crippen LogP contribution in [-0.4, -0.2) is 66.8 Å². The van der Waals surface area contributed by atoms with Crippen molar-refractivity contribution in [3.05, 3.63) is 0 Å². The van der Waals surface area contributed by atoms with E-state index in [0.717, 1.165) is 7.11 Å². The number of carbonyl (C=O) groups is 5. The summed E-state index contributed by atoms with van der Waals surface area (Å²) in [7, 11) is 0.984. The molecule has 1 N–H and O–H groups in total. The van der Waals surface area contributed by atoms with Crippen LogP contribution in [0.5, 0.6) is 0 Å². The first-order chi connectivity index (χ1) is 13.4. The summed E-state index contributed by atoms with van der Waals surface area (Å²) in [6.45, 7) is 9.02. The van der Waals surface area contributed by atoms with E-state index in [-0.39, 0.29) is 6.29 Å². The molecule has 0 fully saturated rings. The lowest BCUT2D eigenvalue weighted by molar-refractivity contribution is -0.202. The molecule has 0 heterocycles. The first kappa shape index (κ1) is 26.5. The van der Waals surface area contributed by atoms with Crippen molar-refractivity contribution in [2.45, 2.75) is 66.0 Å². The fraction of sp³-hybridized carbons (Fsp3) is 0.737. The van der Waals surface area contributed by atoms with Gasteiger partial charge in [-0.15, -0.1) is 0 Å². The second kappa shape index (κ2) is 12.2. The minimum atomic E-state index is -2.10. The second-order valence-corrected chi connectivity index (χ2v) is 7.27. The summed E-state index contributed by atoms with van der Waals surface area (Å²) in [5, 5.41) is 10.3. The third-order valence-electron chi connectivity index (χ3n) is 3.71. The van der Waals surface area contributed by atoms with Gasteiger partial charge in [-0.2, -0.15) is 0 Å². The van der Waals surface area contributed by atoms with Crippen LogP contribution in [0.1, 0.15) is 41.5 Å². The van der Waals surface area contributed by atoms with Gasteiger partial charge < -0.3 is 24.1 Å². The summed E-state index contributed by atoms with van der Waals surface area (Å²) in [6.07, 6.45) is -7.31. The molecular formula is C19H30O10. The maximum Gasteiger partial charge on any atom is 0.338 e. The van der Waals surface area contributed by atoms with E-state index in [1.807, 2.05) is 0 Å². The number of rotatable bonds is 11. The Morgan fingerprint density at radius 3 is 1.41 bits per heavy atom. The van der Waals surface area contributed by atoms with Crippen LogP contribution in [0.4, 0.5) is 0 Å². The van der Waals surface area contributed by atoms with Crippen LogP contribution in [0.3, 0.4) is 0 Å². The van der Waals surface area contributed by atoms with Crippen molar-refractivity contribution >= 4 is 30.2 Å². The van der Waals surface area contributed by atoms with Crippen molar-refractivity contribution in [3.63, 3.8) is 0 Å². The maximum absolute atomic E-state index is 12.2. The van der Waals surface area contributed by atoms with E-state index in [1.165, 1.54) is 41.5 Å². The van der Waals surface area contributed by atoms with E-state index in [9.17, 15) is 29.1 Å². The normalized spacial score (nSPS) is 15.3. The molecule has 0 radical (unpaired) electrons. The van der Waals surface area contributed by atoms with Gasteiger partial charge in [0.15, 0.2) is 30.7 Å². The lowest BCUT2D eigenvalue weighted by Crippen LogP contribution is -2.54. The fourth-order valence-electron chi connectivity index (χ4n) is 1.87. The number of aldehydes is 1. The van der Waals surface area contributed by atoms with Crippen molar-refractivity contribution in [3.8, 4) is 0 Å². The highest BCUT2D eigenvalue weighted by atomic mass is 16.6. The van der Waals surface area contributed by atoms with Crippen LogP contribution in [0.15, 0.2) is 0 Å². The summed E-state index contributed by atoms with van der Waals surface area (Å²) in [5.74, 6) is -5.63. The predicted octanol–water partition coefficient (Wildman–Crippen LogP) is 0.423. The van der Waals surface area contributed by atoms with Crippen LogP contribution >= 0.6 is 0 Å². The van der Waals surface area contributed by atoms with Crippen molar-refractivity contribution in [2.24, 2.45) is 17.8 Å². The summed E-state index contributed by atoms with van der Waals surface area (Å²) in [4.78, 5) is 59.7. The van der Waals surface area contributed by atoms with Crippen LogP contribution in [-0.2, 0) is 42.9 Å². The zero-order valence-corrected chi connectivity index (χ0v) is 17.7. The SMILES string of the molecule is COC(=O)[C@@H](O)[C@@H](OC(=O)C(C)C)[C@H](OC(=O)C(C)C)[C@H](C=O)OC(=O)C(C)C. The molecule has 10 nitrogen and oxygen atoms in total. The highest BCUT2D eigenvalue weighted by Crippen LogP contribution is 2.20. The van der Waals surface area contributed by atoms with E-state index in [1.54, 1.807) is 0 Å². The number of hydrogen-bond donors (Lipinski definition) is 1. The Balaban J connectivity index is 6.17. The highest BCUT2D eigenvalue weighted by molar-refractivity contribution is 5.79. The largest absolute Gasteiger partial charge is 0.467 e. The molecule has 0 aromatic heterocycles. The Bertz CT molecular complexity index is 596. The first-order valence-electron chi connectivity index (χ1n) is 9.19. The van der Waals surface area contributed by atoms with Crippen LogP contribution in [0.2, 0.25) is 0 Å². The Hall–Kier alpha value is -2.49. The molecule has 0 aliphatic rings. The van der Waals surface area contributed by atoms with Crippen molar-refractivity contribution in [1.82, 2.24) is 0 Å². The number of hydrogen-bond acceptors (Lipinski definition) is 10. The first-order valence-corrected chi connectivity index (χ1v) is 9.19. The summed E-state index contributed by atoms with van der Waals surface area (Å²) < 4.78 is 19.9. The van der Waals surface area contributed by atoms with Crippen LogP contribution in [0.25, 0.3) is 0 Å². The number of aliphatic hydroxyl groups excluding tert-OH is 1. The van der Waals surface area contributed by atoms with E-state index >= 15 is 0 Å². The van der Waals surface area contributed by atoms with Gasteiger partial charge in [-0.3, -0.25) is 19.2 Å². The highest BCUT2D eigenvalue weighted by Gasteiger charge is 2.45. The molecule has 166 valence electrons. The molecule has 0 saturated heterocycles. The quantitative estimate of drug-likeness (QED) is 0.285. The molecule has 10 heteroatoms. The summed E-state index contributed by atoms with van der Waals surface area (Å²) in [5.41, 5.74) is 0. The molecule has 4 atom stereocenters. The smallest absolute Gasteiger partial charge is 0.338 e. The minimum Gasteiger partial charge on any atom is -0.467 e. The van der Waals surface area contributed by atoms with Crippen molar-refractivity contribution in [2.75, 3.05) is 7.11 Å². The molecule has 0 aliphatic carbocycles. The molecule has 0 bridgehead atoms. The Kier molecular flexibility index (Phi) is 11.1. The van der Waals surface area contributed by atoms with Crippen LogP contribution in [0, 0.1) is 17.8 Å². The fourth-order valence-corrected chi connectivity index (χ4v) is 1.87. The lowest BCUT2D eigenvalue weighted by atomic mass is 10.0. The molecule has 0 aliphatic heterocycles. The van der Waals surface area contributed by atoms with E-state index in [0.29, 0.717) is 0 Å². The molecular weight excluding hydrogens is 388 g/mol. The predicted molar refractivity (Wildman–Crippen MR) is 98.2 cm³/mol. The van der Waals surface area contributed by atoms with Gasteiger partial charge in [0.1, 0.15) is 0 Å². The summed E-state index contributed by atoms with van der Waals surface area (Å²) >= 11 is 0. The van der Waals surface area contributed by atoms with E-state index < -0.39 is 66.0 Å². The zero-order valence-electron chi connectivity index (χ0n) is 17.7. The average molecular weight is 418 g/mol. The van der Waals surface area contributed by atoms with Gasteiger partial charge in [0.25, 0.3) is 0 Å². The van der Waals surface area contributed by atoms with Gasteiger partial charge in [-0.05, 0) is 0 Å². The standard InChI is InChI=1S/C19H30O10/c1-9(2)16(22)27-12(8-20)14(28-17(23)10(3)4)15(13(21)19(25)26-7)29-18(24)11(5)6/h8-15,21H,1-7H3/t12-,13-,14+,15+/m0/s1. The Labute approximate surface area is 169 Å². The molecule has 0 unspecified atom stereocenters. The maximum atomic E-state index is 12.2. The lowest BCUT2D eigenvalue weighted by Gasteiger charge is -2.32. The average Bonchev–Trinajstić information content (AvgIpc) is 2.66. The van der Waals surface area contributed by atoms with Gasteiger partial charge in [0, 0.05) is 0 Å². The number of carbonyl (C=O) groups excluding carboxylic acids is 5. The number of aliphatic hydroxyl groups is 1. The molecule has 29 heavy (non-hydrogen) atoms. The Morgan fingerprint density at radius 2 is 1.07 bits per heavy atom. The topological polar surface area (TPSA) is 143 Å². The van der Waals surface area contributed by atoms with Crippen LogP contribution < -0.4 is 0 Å². The molecule has 0 amide bonds. The van der Waals surface area contributed by atoms with Gasteiger partial charge in [0.05, 0.1) is 24.9 Å². The number of methoxy groups -OCH3 is 1. The minimum absolute atomic E-state index is 0.165. The van der Waals surface area contributed by atoms with E-state index in [2.05, 4.69) is 4.74 Å². The molecule has 0 saturated carbocycles. The second-order valence-electron chi connectivity index (χ2n) is 7.27. The van der Waals surface area contributed by atoms with E-state index in [4.69, 9.17) is 14.2 Å². The monoisotopic (exact) mass is 418 g/mol. The third-order valence-corrected chi connectivity index (χ3v) is 3.71. The van der Waals surface area contributed by atoms with Gasteiger partial charge in [0.2, 0.25) is 0 Å². The zero-order chi connectivity index (χ0) is 22.9. The Morgan fingerprint density at radius 1 is 0.690 bits per heavy atom. The molecule has 0 spiro atoms. The van der Waals surface area contributed by atoms with Gasteiger partial charge in [-0.25, -0.2) is 4.79 Å². The number of ether oxygens (including phenoxy) is 4. The molecule has 0 aromatic rings. The van der Waals surface area contributed by atoms with Gasteiger partial charge in [-0.1, -0.05) is 41.5 Å². The van der Waals surface area contributed by atoms with Gasteiger partial charge >= 0.3 is 23.9 Å². The number of esters is 4. The third kappa shape index (κ3) is 8.18. The van der Waals surface area contributed by atoms with Crippen molar-refractivity contribution in [1.29, 1.82) is 0 Å². The summed E-state index contributed by atoms with van der Waals surface area (Å²) in [6, 6.07) is 0.